The van der Waals surface area contributed by atoms with Crippen molar-refractivity contribution in [3.05, 3.63) is 51.9 Å². The molecule has 0 fully saturated rings. The summed E-state index contributed by atoms with van der Waals surface area (Å²) in [5.74, 6) is -1.99. The van der Waals surface area contributed by atoms with Crippen LogP contribution in [0.2, 0.25) is 5.15 Å². The van der Waals surface area contributed by atoms with Crippen molar-refractivity contribution in [2.75, 3.05) is 5.32 Å². The molecule has 0 aliphatic carbocycles. The number of aliphatic hydroxyl groups is 1. The Labute approximate surface area is 164 Å². The SMILES string of the molecule is Cc1ncc(-c2cc(O)c(C(=O)Nc3c(C)n[nH]c3Cl)cc2F)nc1C(C)O. The topological polar surface area (TPSA) is 124 Å². The van der Waals surface area contributed by atoms with Crippen LogP contribution in [-0.2, 0) is 0 Å². The summed E-state index contributed by atoms with van der Waals surface area (Å²) in [5, 5.41) is 29.0. The van der Waals surface area contributed by atoms with Gasteiger partial charge in [-0.3, -0.25) is 14.9 Å². The van der Waals surface area contributed by atoms with Crippen LogP contribution in [0.3, 0.4) is 0 Å². The number of carbonyl (C=O) groups is 1. The first-order chi connectivity index (χ1) is 13.2. The Bertz CT molecular complexity index is 1050. The van der Waals surface area contributed by atoms with Gasteiger partial charge in [0.05, 0.1) is 40.6 Å². The minimum atomic E-state index is -0.892. The van der Waals surface area contributed by atoms with Gasteiger partial charge in [0.2, 0.25) is 0 Å². The molecule has 4 N–H and O–H groups in total. The highest BCUT2D eigenvalue weighted by Crippen LogP contribution is 2.31. The number of rotatable bonds is 4. The summed E-state index contributed by atoms with van der Waals surface area (Å²) in [6, 6.07) is 1.98. The molecule has 0 aliphatic heterocycles. The van der Waals surface area contributed by atoms with Crippen LogP contribution in [0.1, 0.15) is 40.5 Å². The maximum absolute atomic E-state index is 14.7. The molecular weight excluding hydrogens is 389 g/mol. The first-order valence-electron chi connectivity index (χ1n) is 8.25. The maximum Gasteiger partial charge on any atom is 0.259 e. The van der Waals surface area contributed by atoms with Gasteiger partial charge in [-0.15, -0.1) is 0 Å². The number of nitrogens with one attached hydrogen (secondary N) is 2. The summed E-state index contributed by atoms with van der Waals surface area (Å²) in [7, 11) is 0. The van der Waals surface area contributed by atoms with Crippen LogP contribution in [0.25, 0.3) is 11.3 Å². The van der Waals surface area contributed by atoms with E-state index < -0.39 is 23.6 Å². The predicted molar refractivity (Wildman–Crippen MR) is 101 cm³/mol. The van der Waals surface area contributed by atoms with Crippen molar-refractivity contribution >= 4 is 23.2 Å². The summed E-state index contributed by atoms with van der Waals surface area (Å²) < 4.78 is 14.7. The van der Waals surface area contributed by atoms with Crippen molar-refractivity contribution in [2.45, 2.75) is 26.9 Å². The van der Waals surface area contributed by atoms with Crippen molar-refractivity contribution in [1.29, 1.82) is 0 Å². The molecule has 8 nitrogen and oxygen atoms in total. The van der Waals surface area contributed by atoms with Gasteiger partial charge >= 0.3 is 0 Å². The molecule has 0 spiro atoms. The lowest BCUT2D eigenvalue weighted by Crippen LogP contribution is -2.13. The average molecular weight is 406 g/mol. The van der Waals surface area contributed by atoms with E-state index in [4.69, 9.17) is 11.6 Å². The molecule has 0 saturated carbocycles. The highest BCUT2D eigenvalue weighted by Gasteiger charge is 2.20. The molecule has 3 rings (SSSR count). The minimum Gasteiger partial charge on any atom is -0.507 e. The highest BCUT2D eigenvalue weighted by atomic mass is 35.5. The summed E-state index contributed by atoms with van der Waals surface area (Å²) in [4.78, 5) is 20.7. The Hall–Kier alpha value is -3.04. The fraction of sp³-hybridized carbons (Fsp3) is 0.222. The van der Waals surface area contributed by atoms with Crippen LogP contribution >= 0.6 is 11.6 Å². The number of aromatic amines is 1. The van der Waals surface area contributed by atoms with Crippen LogP contribution in [0.5, 0.6) is 5.75 Å². The largest absolute Gasteiger partial charge is 0.507 e. The zero-order valence-corrected chi connectivity index (χ0v) is 16.0. The molecular formula is C18H17ClFN5O3. The third-order valence-corrected chi connectivity index (χ3v) is 4.41. The molecule has 146 valence electrons. The van der Waals surface area contributed by atoms with Crippen molar-refractivity contribution in [3.8, 4) is 17.0 Å². The number of carbonyl (C=O) groups excluding carboxylic acids is 1. The van der Waals surface area contributed by atoms with Crippen molar-refractivity contribution in [1.82, 2.24) is 20.2 Å². The van der Waals surface area contributed by atoms with Crippen LogP contribution in [0.15, 0.2) is 18.3 Å². The van der Waals surface area contributed by atoms with E-state index in [1.165, 1.54) is 13.1 Å². The van der Waals surface area contributed by atoms with Crippen molar-refractivity contribution < 1.29 is 19.4 Å². The van der Waals surface area contributed by atoms with Gasteiger partial charge in [0, 0.05) is 5.56 Å². The molecule has 1 aromatic carbocycles. The van der Waals surface area contributed by atoms with Gasteiger partial charge in [-0.2, -0.15) is 5.10 Å². The summed E-state index contributed by atoms with van der Waals surface area (Å²) >= 11 is 5.90. The molecule has 1 unspecified atom stereocenters. The van der Waals surface area contributed by atoms with Crippen LogP contribution in [-0.4, -0.2) is 36.3 Å². The second-order valence-electron chi connectivity index (χ2n) is 6.20. The third-order valence-electron chi connectivity index (χ3n) is 4.14. The van der Waals surface area contributed by atoms with E-state index in [-0.39, 0.29) is 27.7 Å². The normalized spacial score (nSPS) is 12.1. The Kier molecular flexibility index (Phi) is 5.30. The molecule has 0 saturated heterocycles. The second kappa shape index (κ2) is 7.53. The average Bonchev–Trinajstić information content (AvgIpc) is 2.95. The number of phenols is 1. The first-order valence-corrected chi connectivity index (χ1v) is 8.63. The van der Waals surface area contributed by atoms with Gasteiger partial charge in [-0.1, -0.05) is 11.6 Å². The molecule has 10 heteroatoms. The number of H-pyrrole nitrogens is 1. The Morgan fingerprint density at radius 1 is 1.32 bits per heavy atom. The summed E-state index contributed by atoms with van der Waals surface area (Å²) in [6.45, 7) is 4.81. The molecule has 0 radical (unpaired) electrons. The maximum atomic E-state index is 14.7. The second-order valence-corrected chi connectivity index (χ2v) is 6.58. The number of halogens is 2. The number of aromatic hydroxyl groups is 1. The van der Waals surface area contributed by atoms with Crippen molar-refractivity contribution in [2.24, 2.45) is 0 Å². The van der Waals surface area contributed by atoms with Crippen LogP contribution in [0.4, 0.5) is 10.1 Å². The van der Waals surface area contributed by atoms with E-state index in [0.29, 0.717) is 17.1 Å². The number of nitrogens with zero attached hydrogens (tertiary/aromatic N) is 3. The van der Waals surface area contributed by atoms with E-state index in [0.717, 1.165) is 12.1 Å². The van der Waals surface area contributed by atoms with Crippen LogP contribution in [0, 0.1) is 19.7 Å². The fourth-order valence-corrected chi connectivity index (χ4v) is 2.89. The lowest BCUT2D eigenvalue weighted by molar-refractivity contribution is 0.102. The molecule has 3 aromatic rings. The van der Waals surface area contributed by atoms with E-state index >= 15 is 0 Å². The van der Waals surface area contributed by atoms with E-state index in [9.17, 15) is 19.4 Å². The fourth-order valence-electron chi connectivity index (χ4n) is 2.66. The lowest BCUT2D eigenvalue weighted by Gasteiger charge is -2.12. The molecule has 28 heavy (non-hydrogen) atoms. The molecule has 2 aromatic heterocycles. The number of phenolic OH excluding ortho intramolecular Hbond substituents is 1. The number of aromatic nitrogens is 4. The molecule has 1 amide bonds. The van der Waals surface area contributed by atoms with Gasteiger partial charge in [0.25, 0.3) is 5.91 Å². The number of hydrogen-bond donors (Lipinski definition) is 4. The van der Waals surface area contributed by atoms with Gasteiger partial charge in [-0.05, 0) is 32.9 Å². The predicted octanol–water partition coefficient (Wildman–Crippen LogP) is 3.29. The lowest BCUT2D eigenvalue weighted by atomic mass is 10.1. The standard InChI is InChI=1S/C18H17ClFN5O3/c1-7-15(9(3)26)22-13(6-21-7)10-5-14(27)11(4-12(10)20)18(28)23-16-8(2)24-25-17(16)19/h4-6,9,26-27H,1-3H3,(H,23,28)(H,24,25). The summed E-state index contributed by atoms with van der Waals surface area (Å²) in [5.41, 5.74) is 1.26. The first kappa shape index (κ1) is 19.7. The zero-order valence-electron chi connectivity index (χ0n) is 15.2. The number of anilines is 1. The van der Waals surface area contributed by atoms with Gasteiger partial charge in [0.15, 0.2) is 0 Å². The number of hydrogen-bond acceptors (Lipinski definition) is 6. The Balaban J connectivity index is 1.97. The zero-order chi connectivity index (χ0) is 20.6. The molecule has 0 aliphatic rings. The van der Waals surface area contributed by atoms with Gasteiger partial charge in [0.1, 0.15) is 22.4 Å². The number of amides is 1. The number of benzene rings is 1. The molecule has 1 atom stereocenters. The Morgan fingerprint density at radius 2 is 2.04 bits per heavy atom. The highest BCUT2D eigenvalue weighted by molar-refractivity contribution is 6.33. The molecule has 0 bridgehead atoms. The molecule has 2 heterocycles. The van der Waals surface area contributed by atoms with Gasteiger partial charge < -0.3 is 15.5 Å². The third kappa shape index (κ3) is 3.67. The monoisotopic (exact) mass is 405 g/mol. The van der Waals surface area contributed by atoms with E-state index in [2.05, 4.69) is 25.5 Å². The van der Waals surface area contributed by atoms with E-state index in [1.807, 2.05) is 0 Å². The van der Waals surface area contributed by atoms with Crippen LogP contribution < -0.4 is 5.32 Å². The van der Waals surface area contributed by atoms with E-state index in [1.54, 1.807) is 13.8 Å². The number of aryl methyl sites for hydroxylation is 2. The smallest absolute Gasteiger partial charge is 0.259 e. The minimum absolute atomic E-state index is 0.0547. The Morgan fingerprint density at radius 3 is 2.64 bits per heavy atom. The quantitative estimate of drug-likeness (QED) is 0.528. The number of aliphatic hydroxyl groups excluding tert-OH is 1. The summed E-state index contributed by atoms with van der Waals surface area (Å²) in [6.07, 6.45) is 0.435. The van der Waals surface area contributed by atoms with Gasteiger partial charge in [-0.25, -0.2) is 9.37 Å². The van der Waals surface area contributed by atoms with Crippen molar-refractivity contribution in [3.63, 3.8) is 0 Å².